The molecule has 0 fully saturated rings. The molecule has 2 heteroatoms. The minimum atomic E-state index is -0.543. The molecule has 0 bridgehead atoms. The first-order valence-electron chi connectivity index (χ1n) is 13.9. The van der Waals surface area contributed by atoms with Crippen LogP contribution in [0.4, 0.5) is 0 Å². The van der Waals surface area contributed by atoms with Crippen LogP contribution in [0.5, 0.6) is 11.5 Å². The van der Waals surface area contributed by atoms with E-state index in [4.69, 9.17) is 9.47 Å². The van der Waals surface area contributed by atoms with Gasteiger partial charge in [-0.2, -0.15) is 0 Å². The molecule has 0 N–H and O–H groups in total. The zero-order valence-electron chi connectivity index (χ0n) is 23.2. The third-order valence-electron chi connectivity index (χ3n) is 8.39. The topological polar surface area (TPSA) is 18.5 Å². The Morgan fingerprint density at radius 2 is 0.780 bits per heavy atom. The van der Waals surface area contributed by atoms with Gasteiger partial charge in [-0.05, 0) is 68.8 Å². The molecule has 0 aliphatic heterocycles. The van der Waals surface area contributed by atoms with Gasteiger partial charge in [0, 0.05) is 11.1 Å². The summed E-state index contributed by atoms with van der Waals surface area (Å²) in [5.41, 5.74) is 11.3. The Labute approximate surface area is 241 Å². The molecular formula is C39H30O2. The monoisotopic (exact) mass is 530 g/mol. The van der Waals surface area contributed by atoms with Gasteiger partial charge in [0.05, 0.1) is 19.6 Å². The Kier molecular flexibility index (Phi) is 6.17. The SMILES string of the molecule is COc1ccc(C2(c3ccc(OC)c(-c4ccccc4)c3)c3ccccc3-c3ccccc32)cc1-c1ccccc1. The number of rotatable bonds is 6. The van der Waals surface area contributed by atoms with E-state index in [0.717, 1.165) is 33.8 Å². The summed E-state index contributed by atoms with van der Waals surface area (Å²) >= 11 is 0. The van der Waals surface area contributed by atoms with Gasteiger partial charge in [-0.1, -0.05) is 121 Å². The van der Waals surface area contributed by atoms with E-state index in [1.54, 1.807) is 14.2 Å². The minimum Gasteiger partial charge on any atom is -0.496 e. The van der Waals surface area contributed by atoms with Gasteiger partial charge in [0.25, 0.3) is 0 Å². The molecule has 2 nitrogen and oxygen atoms in total. The summed E-state index contributed by atoms with van der Waals surface area (Å²) in [6, 6.07) is 52.0. The molecule has 0 spiro atoms. The van der Waals surface area contributed by atoms with Gasteiger partial charge in [-0.3, -0.25) is 0 Å². The normalized spacial score (nSPS) is 12.8. The summed E-state index contributed by atoms with van der Waals surface area (Å²) in [5.74, 6) is 1.71. The smallest absolute Gasteiger partial charge is 0.126 e. The van der Waals surface area contributed by atoms with Gasteiger partial charge in [0.15, 0.2) is 0 Å². The van der Waals surface area contributed by atoms with E-state index in [1.807, 2.05) is 12.1 Å². The maximum absolute atomic E-state index is 5.89. The van der Waals surface area contributed by atoms with E-state index in [2.05, 4.69) is 133 Å². The van der Waals surface area contributed by atoms with E-state index in [0.29, 0.717) is 0 Å². The van der Waals surface area contributed by atoms with Gasteiger partial charge in [-0.15, -0.1) is 0 Å². The summed E-state index contributed by atoms with van der Waals surface area (Å²) in [5, 5.41) is 0. The molecule has 0 aromatic heterocycles. The van der Waals surface area contributed by atoms with Crippen molar-refractivity contribution in [2.45, 2.75) is 5.41 Å². The van der Waals surface area contributed by atoms with Crippen LogP contribution >= 0.6 is 0 Å². The fraction of sp³-hybridized carbons (Fsp3) is 0.0769. The molecule has 0 heterocycles. The van der Waals surface area contributed by atoms with Crippen molar-refractivity contribution in [3.63, 3.8) is 0 Å². The Bertz CT molecular complexity index is 1720. The Hall–Kier alpha value is -5.08. The molecule has 0 radical (unpaired) electrons. The lowest BCUT2D eigenvalue weighted by Gasteiger charge is -2.35. The van der Waals surface area contributed by atoms with Crippen molar-refractivity contribution in [3.05, 3.63) is 168 Å². The van der Waals surface area contributed by atoms with Crippen LogP contribution in [0.25, 0.3) is 33.4 Å². The van der Waals surface area contributed by atoms with Crippen LogP contribution < -0.4 is 9.47 Å². The molecule has 41 heavy (non-hydrogen) atoms. The summed E-state index contributed by atoms with van der Waals surface area (Å²) in [6.45, 7) is 0. The van der Waals surface area contributed by atoms with Crippen molar-refractivity contribution >= 4 is 0 Å². The van der Waals surface area contributed by atoms with Gasteiger partial charge in [0.1, 0.15) is 11.5 Å². The van der Waals surface area contributed by atoms with E-state index < -0.39 is 5.41 Å². The highest BCUT2D eigenvalue weighted by atomic mass is 16.5. The average Bonchev–Trinajstić information content (AvgIpc) is 3.36. The molecule has 0 saturated heterocycles. The van der Waals surface area contributed by atoms with Crippen molar-refractivity contribution < 1.29 is 9.47 Å². The Morgan fingerprint density at radius 3 is 1.20 bits per heavy atom. The van der Waals surface area contributed by atoms with Crippen molar-refractivity contribution in [2.75, 3.05) is 14.2 Å². The van der Waals surface area contributed by atoms with Crippen LogP contribution in [-0.4, -0.2) is 14.2 Å². The van der Waals surface area contributed by atoms with Crippen molar-refractivity contribution in [3.8, 4) is 44.9 Å². The molecule has 0 unspecified atom stereocenters. The van der Waals surface area contributed by atoms with E-state index in [1.165, 1.54) is 33.4 Å². The number of hydrogen-bond donors (Lipinski definition) is 0. The quantitative estimate of drug-likeness (QED) is 0.213. The second-order valence-corrected chi connectivity index (χ2v) is 10.4. The lowest BCUT2D eigenvalue weighted by atomic mass is 9.67. The lowest BCUT2D eigenvalue weighted by Crippen LogP contribution is -2.28. The lowest BCUT2D eigenvalue weighted by molar-refractivity contribution is 0.416. The van der Waals surface area contributed by atoms with Crippen molar-refractivity contribution in [1.82, 2.24) is 0 Å². The number of hydrogen-bond acceptors (Lipinski definition) is 2. The second kappa shape index (κ2) is 10.1. The fourth-order valence-electron chi connectivity index (χ4n) is 6.59. The zero-order valence-corrected chi connectivity index (χ0v) is 23.2. The molecule has 0 atom stereocenters. The predicted octanol–water partition coefficient (Wildman–Crippen LogP) is 9.40. The molecule has 198 valence electrons. The van der Waals surface area contributed by atoms with Crippen LogP contribution in [0, 0.1) is 0 Å². The second-order valence-electron chi connectivity index (χ2n) is 10.4. The molecule has 0 saturated carbocycles. The molecule has 0 amide bonds. The van der Waals surface area contributed by atoms with Crippen molar-refractivity contribution in [2.24, 2.45) is 0 Å². The van der Waals surface area contributed by atoms with E-state index in [-0.39, 0.29) is 0 Å². The van der Waals surface area contributed by atoms with Crippen LogP contribution in [-0.2, 0) is 5.41 Å². The summed E-state index contributed by atoms with van der Waals surface area (Å²) in [6.07, 6.45) is 0. The summed E-state index contributed by atoms with van der Waals surface area (Å²) in [7, 11) is 3.49. The van der Waals surface area contributed by atoms with Gasteiger partial charge >= 0.3 is 0 Å². The van der Waals surface area contributed by atoms with Gasteiger partial charge in [0.2, 0.25) is 0 Å². The van der Waals surface area contributed by atoms with Crippen LogP contribution in [0.15, 0.2) is 146 Å². The fourth-order valence-corrected chi connectivity index (χ4v) is 6.59. The highest BCUT2D eigenvalue weighted by Crippen LogP contribution is 2.57. The first-order valence-corrected chi connectivity index (χ1v) is 13.9. The maximum atomic E-state index is 5.89. The number of methoxy groups -OCH3 is 2. The van der Waals surface area contributed by atoms with Crippen LogP contribution in [0.2, 0.25) is 0 Å². The molecule has 1 aliphatic carbocycles. The van der Waals surface area contributed by atoms with Crippen LogP contribution in [0.3, 0.4) is 0 Å². The predicted molar refractivity (Wildman–Crippen MR) is 168 cm³/mol. The van der Waals surface area contributed by atoms with Crippen LogP contribution in [0.1, 0.15) is 22.3 Å². The summed E-state index contributed by atoms with van der Waals surface area (Å²) in [4.78, 5) is 0. The number of benzene rings is 6. The molecule has 6 aromatic carbocycles. The van der Waals surface area contributed by atoms with Crippen molar-refractivity contribution in [1.29, 1.82) is 0 Å². The number of fused-ring (bicyclic) bond motifs is 3. The third kappa shape index (κ3) is 3.87. The molecule has 6 aromatic rings. The molecule has 7 rings (SSSR count). The molecular weight excluding hydrogens is 500 g/mol. The number of ether oxygens (including phenoxy) is 2. The standard InChI is InChI=1S/C39H30O2/c1-40-37-23-21-29(25-33(37)27-13-5-3-6-14-27)39(35-19-11-9-17-31(35)32-18-10-12-20-36(32)39)30-22-24-38(41-2)34(26-30)28-15-7-4-8-16-28/h3-26H,1-2H3. The van der Waals surface area contributed by atoms with Gasteiger partial charge < -0.3 is 9.47 Å². The van der Waals surface area contributed by atoms with E-state index in [9.17, 15) is 0 Å². The van der Waals surface area contributed by atoms with Gasteiger partial charge in [-0.25, -0.2) is 0 Å². The Balaban J connectivity index is 1.59. The minimum absolute atomic E-state index is 0.543. The highest BCUT2D eigenvalue weighted by Gasteiger charge is 2.46. The highest BCUT2D eigenvalue weighted by molar-refractivity contribution is 5.88. The Morgan fingerprint density at radius 1 is 0.390 bits per heavy atom. The maximum Gasteiger partial charge on any atom is 0.126 e. The summed E-state index contributed by atoms with van der Waals surface area (Å²) < 4.78 is 11.8. The average molecular weight is 531 g/mol. The largest absolute Gasteiger partial charge is 0.496 e. The first-order chi connectivity index (χ1) is 20.3. The zero-order chi connectivity index (χ0) is 27.8. The third-order valence-corrected chi connectivity index (χ3v) is 8.39. The molecule has 1 aliphatic rings. The van der Waals surface area contributed by atoms with E-state index >= 15 is 0 Å². The first kappa shape index (κ1) is 24.9.